The second kappa shape index (κ2) is 8.86. The number of benzene rings is 2. The quantitative estimate of drug-likeness (QED) is 0.583. The van der Waals surface area contributed by atoms with Gasteiger partial charge in [-0.1, -0.05) is 0 Å². The molecule has 1 heterocycles. The lowest BCUT2D eigenvalue weighted by Crippen LogP contribution is -2.34. The lowest BCUT2D eigenvalue weighted by Gasteiger charge is -2.20. The molecule has 0 bridgehead atoms. The maximum atomic E-state index is 13.1. The monoisotopic (exact) mass is 411 g/mol. The number of aryl methyl sites for hydroxylation is 2. The van der Waals surface area contributed by atoms with Crippen LogP contribution in [0.5, 0.6) is 0 Å². The van der Waals surface area contributed by atoms with Gasteiger partial charge < -0.3 is 14.2 Å². The minimum absolute atomic E-state index is 0.175. The van der Waals surface area contributed by atoms with Gasteiger partial charge in [0.2, 0.25) is 0 Å². The molecule has 0 spiro atoms. The van der Waals surface area contributed by atoms with Crippen molar-refractivity contribution in [1.82, 2.24) is 9.55 Å². The van der Waals surface area contributed by atoms with Crippen molar-refractivity contribution in [2.24, 2.45) is 0 Å². The summed E-state index contributed by atoms with van der Waals surface area (Å²) in [7, 11) is 0. The van der Waals surface area contributed by atoms with Gasteiger partial charge in [-0.15, -0.1) is 0 Å². The molecule has 0 aliphatic heterocycles. The molecule has 7 nitrogen and oxygen atoms in total. The van der Waals surface area contributed by atoms with Crippen molar-refractivity contribution >= 4 is 28.6 Å². The number of ether oxygens (including phenoxy) is 1. The van der Waals surface area contributed by atoms with E-state index in [0.717, 1.165) is 0 Å². The standard InChI is InChI=1S/C22H22FN3O4/c1-4-25(17-9-7-16(23)8-10-17)20(27)13-30-22(29)15-6-11-19-18(12-15)24-14(3)21(28)26(19)5-2/h6-12H,4-5,13H2,1-3H3. The molecule has 1 aromatic heterocycles. The fourth-order valence-corrected chi connectivity index (χ4v) is 3.23. The Morgan fingerprint density at radius 1 is 1.13 bits per heavy atom. The summed E-state index contributed by atoms with van der Waals surface area (Å²) in [6.07, 6.45) is 0. The van der Waals surface area contributed by atoms with Crippen LogP contribution in [0.4, 0.5) is 10.1 Å². The number of esters is 1. The highest BCUT2D eigenvalue weighted by Crippen LogP contribution is 2.16. The molecule has 0 N–H and O–H groups in total. The van der Waals surface area contributed by atoms with Gasteiger partial charge in [0, 0.05) is 18.8 Å². The smallest absolute Gasteiger partial charge is 0.338 e. The summed E-state index contributed by atoms with van der Waals surface area (Å²) in [5.41, 5.74) is 2.02. The van der Waals surface area contributed by atoms with Gasteiger partial charge in [-0.25, -0.2) is 14.2 Å². The van der Waals surface area contributed by atoms with E-state index in [9.17, 15) is 18.8 Å². The highest BCUT2D eigenvalue weighted by molar-refractivity contribution is 5.98. The first-order chi connectivity index (χ1) is 14.3. The van der Waals surface area contributed by atoms with Crippen molar-refractivity contribution in [3.05, 3.63) is 69.9 Å². The number of aromatic nitrogens is 2. The van der Waals surface area contributed by atoms with E-state index in [-0.39, 0.29) is 11.1 Å². The van der Waals surface area contributed by atoms with E-state index < -0.39 is 24.3 Å². The van der Waals surface area contributed by atoms with Crippen LogP contribution in [0.15, 0.2) is 47.3 Å². The molecule has 0 saturated carbocycles. The average molecular weight is 411 g/mol. The zero-order valence-corrected chi connectivity index (χ0v) is 17.0. The molecule has 0 fully saturated rings. The molecule has 2 aromatic carbocycles. The van der Waals surface area contributed by atoms with Crippen LogP contribution in [-0.4, -0.2) is 34.6 Å². The van der Waals surface area contributed by atoms with Gasteiger partial charge in [0.25, 0.3) is 11.5 Å². The molecule has 1 amide bonds. The SMILES string of the molecule is CCN(C(=O)COC(=O)c1ccc2c(c1)nc(C)c(=O)n2CC)c1ccc(F)cc1. The lowest BCUT2D eigenvalue weighted by molar-refractivity contribution is -0.121. The Balaban J connectivity index is 1.76. The summed E-state index contributed by atoms with van der Waals surface area (Å²) >= 11 is 0. The summed E-state index contributed by atoms with van der Waals surface area (Å²) in [5, 5.41) is 0. The zero-order chi connectivity index (χ0) is 21.8. The first kappa shape index (κ1) is 21.2. The third kappa shape index (κ3) is 4.22. The molecule has 3 rings (SSSR count). The number of nitrogens with zero attached hydrogens (tertiary/aromatic N) is 3. The Hall–Kier alpha value is -3.55. The highest BCUT2D eigenvalue weighted by atomic mass is 19.1. The molecule has 0 radical (unpaired) electrons. The predicted molar refractivity (Wildman–Crippen MR) is 111 cm³/mol. The van der Waals surface area contributed by atoms with Crippen molar-refractivity contribution in [3.63, 3.8) is 0 Å². The Kier molecular flexibility index (Phi) is 6.25. The van der Waals surface area contributed by atoms with Crippen LogP contribution in [0, 0.1) is 12.7 Å². The Bertz CT molecular complexity index is 1160. The van der Waals surface area contributed by atoms with Gasteiger partial charge in [0.1, 0.15) is 11.5 Å². The fraction of sp³-hybridized carbons (Fsp3) is 0.273. The number of halogens is 1. The van der Waals surface area contributed by atoms with E-state index in [2.05, 4.69) is 4.98 Å². The molecular formula is C22H22FN3O4. The Morgan fingerprint density at radius 2 is 1.83 bits per heavy atom. The van der Waals surface area contributed by atoms with Crippen molar-refractivity contribution in [2.75, 3.05) is 18.1 Å². The zero-order valence-electron chi connectivity index (χ0n) is 17.0. The number of carbonyl (C=O) groups excluding carboxylic acids is 2. The van der Waals surface area contributed by atoms with Crippen LogP contribution < -0.4 is 10.5 Å². The summed E-state index contributed by atoms with van der Waals surface area (Å²) in [5.74, 6) is -1.50. The normalized spacial score (nSPS) is 10.8. The third-order valence-corrected chi connectivity index (χ3v) is 4.74. The predicted octanol–water partition coefficient (Wildman–Crippen LogP) is 3.07. The average Bonchev–Trinajstić information content (AvgIpc) is 2.74. The van der Waals surface area contributed by atoms with E-state index in [4.69, 9.17) is 4.74 Å². The molecule has 3 aromatic rings. The van der Waals surface area contributed by atoms with Gasteiger partial charge in [-0.2, -0.15) is 0 Å². The Labute approximate surface area is 172 Å². The van der Waals surface area contributed by atoms with E-state index in [1.54, 1.807) is 24.5 Å². The topological polar surface area (TPSA) is 81.5 Å². The summed E-state index contributed by atoms with van der Waals surface area (Å²) in [6, 6.07) is 10.2. The second-order valence-corrected chi connectivity index (χ2v) is 6.64. The lowest BCUT2D eigenvalue weighted by atomic mass is 10.2. The third-order valence-electron chi connectivity index (χ3n) is 4.74. The first-order valence-electron chi connectivity index (χ1n) is 9.60. The molecule has 0 aliphatic carbocycles. The van der Waals surface area contributed by atoms with Crippen molar-refractivity contribution < 1.29 is 18.7 Å². The molecule has 0 aliphatic rings. The number of fused-ring (bicyclic) bond motifs is 1. The summed E-state index contributed by atoms with van der Waals surface area (Å²) in [6.45, 7) is 5.61. The van der Waals surface area contributed by atoms with Crippen LogP contribution in [0.2, 0.25) is 0 Å². The Morgan fingerprint density at radius 3 is 2.47 bits per heavy atom. The van der Waals surface area contributed by atoms with Gasteiger partial charge >= 0.3 is 5.97 Å². The number of likely N-dealkylation sites (N-methyl/N-ethyl adjacent to an activating group) is 1. The molecule has 0 unspecified atom stereocenters. The number of carbonyl (C=O) groups is 2. The van der Waals surface area contributed by atoms with Crippen LogP contribution in [0.3, 0.4) is 0 Å². The summed E-state index contributed by atoms with van der Waals surface area (Å²) < 4.78 is 19.9. The molecular weight excluding hydrogens is 389 g/mol. The highest BCUT2D eigenvalue weighted by Gasteiger charge is 2.18. The minimum atomic E-state index is -0.672. The number of hydrogen-bond acceptors (Lipinski definition) is 5. The number of rotatable bonds is 6. The molecule has 30 heavy (non-hydrogen) atoms. The fourth-order valence-electron chi connectivity index (χ4n) is 3.23. The van der Waals surface area contributed by atoms with Gasteiger partial charge in [0.15, 0.2) is 6.61 Å². The van der Waals surface area contributed by atoms with Crippen LogP contribution in [0.25, 0.3) is 11.0 Å². The van der Waals surface area contributed by atoms with E-state index in [1.165, 1.54) is 41.3 Å². The molecule has 0 saturated heterocycles. The van der Waals surface area contributed by atoms with Crippen LogP contribution in [-0.2, 0) is 16.1 Å². The summed E-state index contributed by atoms with van der Waals surface area (Å²) in [4.78, 5) is 42.8. The van der Waals surface area contributed by atoms with E-state index in [1.807, 2.05) is 6.92 Å². The molecule has 8 heteroatoms. The van der Waals surface area contributed by atoms with Gasteiger partial charge in [-0.3, -0.25) is 9.59 Å². The molecule has 0 atom stereocenters. The van der Waals surface area contributed by atoms with Crippen molar-refractivity contribution in [1.29, 1.82) is 0 Å². The van der Waals surface area contributed by atoms with Crippen molar-refractivity contribution in [2.45, 2.75) is 27.3 Å². The number of amides is 1. The van der Waals surface area contributed by atoms with Gasteiger partial charge in [-0.05, 0) is 63.2 Å². The number of hydrogen-bond donors (Lipinski definition) is 0. The maximum Gasteiger partial charge on any atom is 0.338 e. The van der Waals surface area contributed by atoms with Crippen LogP contribution in [0.1, 0.15) is 29.9 Å². The van der Waals surface area contributed by atoms with E-state index >= 15 is 0 Å². The van der Waals surface area contributed by atoms with Gasteiger partial charge in [0.05, 0.1) is 16.6 Å². The van der Waals surface area contributed by atoms with Crippen molar-refractivity contribution in [3.8, 4) is 0 Å². The maximum absolute atomic E-state index is 13.1. The number of anilines is 1. The van der Waals surface area contributed by atoms with Crippen LogP contribution >= 0.6 is 0 Å². The second-order valence-electron chi connectivity index (χ2n) is 6.64. The molecule has 156 valence electrons. The largest absolute Gasteiger partial charge is 0.452 e. The van der Waals surface area contributed by atoms with E-state index in [0.29, 0.717) is 35.5 Å². The first-order valence-corrected chi connectivity index (χ1v) is 9.60. The minimum Gasteiger partial charge on any atom is -0.452 e.